The van der Waals surface area contributed by atoms with Crippen molar-refractivity contribution < 1.29 is 9.72 Å². The normalized spacial score (nSPS) is 10.4. The Bertz CT molecular complexity index is 730. The summed E-state index contributed by atoms with van der Waals surface area (Å²) in [6, 6.07) is 12.9. The molecule has 5 nitrogen and oxygen atoms in total. The van der Waals surface area contributed by atoms with E-state index in [2.05, 4.69) is 36.5 Å². The Morgan fingerprint density at radius 3 is 2.54 bits per heavy atom. The second kappa shape index (κ2) is 8.49. The van der Waals surface area contributed by atoms with Crippen molar-refractivity contribution in [2.24, 2.45) is 0 Å². The molecule has 0 aromatic heterocycles. The number of nitro groups is 1. The number of carbonyl (C=O) groups excluding carboxylic acids is 1. The second-order valence-electron chi connectivity index (χ2n) is 5.50. The fourth-order valence-corrected chi connectivity index (χ4v) is 3.09. The molecule has 1 N–H and O–H groups in total. The van der Waals surface area contributed by atoms with Gasteiger partial charge in [0.1, 0.15) is 0 Å². The van der Waals surface area contributed by atoms with Crippen LogP contribution in [0, 0.1) is 24.0 Å². The summed E-state index contributed by atoms with van der Waals surface area (Å²) in [7, 11) is 0. The van der Waals surface area contributed by atoms with E-state index >= 15 is 0 Å². The van der Waals surface area contributed by atoms with Crippen LogP contribution in [0.1, 0.15) is 27.0 Å². The number of nitro benzene ring substituents is 1. The third kappa shape index (κ3) is 4.83. The first-order valence-corrected chi connectivity index (χ1v) is 8.80. The van der Waals surface area contributed by atoms with E-state index in [0.717, 1.165) is 11.5 Å². The van der Waals surface area contributed by atoms with Gasteiger partial charge in [-0.15, -0.1) is 0 Å². The first kappa shape index (κ1) is 18.0. The second-order valence-corrected chi connectivity index (χ2v) is 6.61. The Morgan fingerprint density at radius 2 is 1.88 bits per heavy atom. The zero-order chi connectivity index (χ0) is 17.5. The minimum Gasteiger partial charge on any atom is -0.351 e. The highest BCUT2D eigenvalue weighted by Gasteiger charge is 2.17. The number of hydrogen-bond acceptors (Lipinski definition) is 4. The van der Waals surface area contributed by atoms with E-state index in [1.165, 1.54) is 23.3 Å². The van der Waals surface area contributed by atoms with Gasteiger partial charge in [0.2, 0.25) is 0 Å². The molecule has 0 fully saturated rings. The zero-order valence-corrected chi connectivity index (χ0v) is 14.6. The van der Waals surface area contributed by atoms with Gasteiger partial charge in [0, 0.05) is 35.2 Å². The molecular formula is C18H20N2O3S. The monoisotopic (exact) mass is 344 g/mol. The first-order valence-electron chi connectivity index (χ1n) is 7.64. The lowest BCUT2D eigenvalue weighted by atomic mass is 10.1. The highest BCUT2D eigenvalue weighted by Crippen LogP contribution is 2.21. The lowest BCUT2D eigenvalue weighted by molar-refractivity contribution is -0.385. The summed E-state index contributed by atoms with van der Waals surface area (Å²) in [5.74, 6) is 1.41. The summed E-state index contributed by atoms with van der Waals surface area (Å²) in [5, 5.41) is 13.7. The molecule has 0 radical (unpaired) electrons. The van der Waals surface area contributed by atoms with Crippen LogP contribution in [0.15, 0.2) is 42.5 Å². The van der Waals surface area contributed by atoms with Crippen LogP contribution in [0.3, 0.4) is 0 Å². The van der Waals surface area contributed by atoms with Crippen molar-refractivity contribution >= 4 is 23.4 Å². The fraction of sp³-hybridized carbons (Fsp3) is 0.278. The summed E-state index contributed by atoms with van der Waals surface area (Å²) in [4.78, 5) is 22.6. The number of benzene rings is 2. The maximum atomic E-state index is 12.2. The molecule has 126 valence electrons. The standard InChI is InChI=1S/C18H20N2O3S/c1-13-6-8-15(9-7-13)12-24-11-10-19-18(21)16-4-3-5-17(14(16)2)20(22)23/h3-9H,10-12H2,1-2H3,(H,19,21). The van der Waals surface area contributed by atoms with Crippen molar-refractivity contribution in [2.45, 2.75) is 19.6 Å². The predicted octanol–water partition coefficient (Wildman–Crippen LogP) is 3.87. The van der Waals surface area contributed by atoms with E-state index < -0.39 is 4.92 Å². The van der Waals surface area contributed by atoms with E-state index in [4.69, 9.17) is 0 Å². The van der Waals surface area contributed by atoms with Crippen LogP contribution in [0.5, 0.6) is 0 Å². The third-order valence-corrected chi connectivity index (χ3v) is 4.70. The molecule has 0 aliphatic carbocycles. The van der Waals surface area contributed by atoms with Crippen molar-refractivity contribution in [3.8, 4) is 0 Å². The minimum atomic E-state index is -0.469. The predicted molar refractivity (Wildman–Crippen MR) is 97.5 cm³/mol. The van der Waals surface area contributed by atoms with Crippen LogP contribution in [-0.2, 0) is 5.75 Å². The van der Waals surface area contributed by atoms with Crippen molar-refractivity contribution in [1.82, 2.24) is 5.32 Å². The van der Waals surface area contributed by atoms with Gasteiger partial charge in [0.05, 0.1) is 4.92 Å². The third-order valence-electron chi connectivity index (χ3n) is 3.67. The van der Waals surface area contributed by atoms with E-state index in [1.807, 2.05) is 0 Å². The van der Waals surface area contributed by atoms with Crippen molar-refractivity contribution in [3.63, 3.8) is 0 Å². The molecule has 1 amide bonds. The number of amides is 1. The Kier molecular flexibility index (Phi) is 6.37. The van der Waals surface area contributed by atoms with E-state index in [1.54, 1.807) is 24.8 Å². The van der Waals surface area contributed by atoms with E-state index in [0.29, 0.717) is 17.7 Å². The van der Waals surface area contributed by atoms with Gasteiger partial charge in [-0.1, -0.05) is 35.9 Å². The molecule has 2 aromatic rings. The number of aryl methyl sites for hydroxylation is 1. The molecule has 0 spiro atoms. The van der Waals surface area contributed by atoms with Crippen molar-refractivity contribution in [1.29, 1.82) is 0 Å². The number of nitrogens with one attached hydrogen (secondary N) is 1. The fourth-order valence-electron chi connectivity index (χ4n) is 2.27. The maximum absolute atomic E-state index is 12.2. The molecule has 0 atom stereocenters. The number of hydrogen-bond donors (Lipinski definition) is 1. The lowest BCUT2D eigenvalue weighted by Crippen LogP contribution is -2.26. The molecule has 0 aliphatic heterocycles. The zero-order valence-electron chi connectivity index (χ0n) is 13.7. The Morgan fingerprint density at radius 1 is 1.17 bits per heavy atom. The van der Waals surface area contributed by atoms with Gasteiger partial charge in [0.15, 0.2) is 0 Å². The quantitative estimate of drug-likeness (QED) is 0.470. The summed E-state index contributed by atoms with van der Waals surface area (Å²) < 4.78 is 0. The van der Waals surface area contributed by atoms with Crippen LogP contribution in [-0.4, -0.2) is 23.1 Å². The Labute approximate surface area is 145 Å². The van der Waals surface area contributed by atoms with Crippen molar-refractivity contribution in [3.05, 3.63) is 74.8 Å². The number of rotatable bonds is 7. The lowest BCUT2D eigenvalue weighted by Gasteiger charge is -2.08. The SMILES string of the molecule is Cc1ccc(CSCCNC(=O)c2cccc([N+](=O)[O-])c2C)cc1. The summed E-state index contributed by atoms with van der Waals surface area (Å²) >= 11 is 1.74. The van der Waals surface area contributed by atoms with Gasteiger partial charge >= 0.3 is 0 Å². The van der Waals surface area contributed by atoms with Crippen LogP contribution in [0.25, 0.3) is 0 Å². The Balaban J connectivity index is 1.80. The van der Waals surface area contributed by atoms with Crippen LogP contribution in [0.4, 0.5) is 5.69 Å². The summed E-state index contributed by atoms with van der Waals surface area (Å²) in [5.41, 5.74) is 3.21. The number of carbonyl (C=O) groups is 1. The molecule has 0 bridgehead atoms. The van der Waals surface area contributed by atoms with Gasteiger partial charge in [-0.05, 0) is 25.5 Å². The average molecular weight is 344 g/mol. The van der Waals surface area contributed by atoms with Crippen LogP contribution in [0.2, 0.25) is 0 Å². The molecule has 0 heterocycles. The van der Waals surface area contributed by atoms with Gasteiger partial charge < -0.3 is 5.32 Å². The molecule has 6 heteroatoms. The molecule has 0 saturated heterocycles. The topological polar surface area (TPSA) is 72.2 Å². The minimum absolute atomic E-state index is 0.0311. The highest BCUT2D eigenvalue weighted by molar-refractivity contribution is 7.98. The number of thioether (sulfide) groups is 1. The molecular weight excluding hydrogens is 324 g/mol. The summed E-state index contributed by atoms with van der Waals surface area (Å²) in [6.07, 6.45) is 0. The number of nitrogens with zero attached hydrogens (tertiary/aromatic N) is 1. The van der Waals surface area contributed by atoms with Gasteiger partial charge in [-0.3, -0.25) is 14.9 Å². The molecule has 0 unspecified atom stereocenters. The van der Waals surface area contributed by atoms with Gasteiger partial charge in [-0.25, -0.2) is 0 Å². The average Bonchev–Trinajstić information content (AvgIpc) is 2.56. The molecule has 2 rings (SSSR count). The molecule has 0 saturated carbocycles. The van der Waals surface area contributed by atoms with Crippen LogP contribution >= 0.6 is 11.8 Å². The van der Waals surface area contributed by atoms with Gasteiger partial charge in [-0.2, -0.15) is 11.8 Å². The largest absolute Gasteiger partial charge is 0.351 e. The van der Waals surface area contributed by atoms with Gasteiger partial charge in [0.25, 0.3) is 11.6 Å². The Hall–Kier alpha value is -2.34. The smallest absolute Gasteiger partial charge is 0.273 e. The van der Waals surface area contributed by atoms with E-state index in [-0.39, 0.29) is 11.6 Å². The molecule has 2 aromatic carbocycles. The highest BCUT2D eigenvalue weighted by atomic mass is 32.2. The summed E-state index contributed by atoms with van der Waals surface area (Å²) in [6.45, 7) is 4.18. The molecule has 0 aliphatic rings. The molecule has 24 heavy (non-hydrogen) atoms. The van der Waals surface area contributed by atoms with Crippen molar-refractivity contribution in [2.75, 3.05) is 12.3 Å². The van der Waals surface area contributed by atoms with Crippen LogP contribution < -0.4 is 5.32 Å². The van der Waals surface area contributed by atoms with E-state index in [9.17, 15) is 14.9 Å². The maximum Gasteiger partial charge on any atom is 0.273 e. The first-order chi connectivity index (χ1) is 11.5.